The fourth-order valence-corrected chi connectivity index (χ4v) is 4.52. The molecule has 3 rings (SSSR count). The van der Waals surface area contributed by atoms with E-state index in [0.717, 1.165) is 12.3 Å². The summed E-state index contributed by atoms with van der Waals surface area (Å²) in [6.07, 6.45) is 16.0. The van der Waals surface area contributed by atoms with E-state index in [1.54, 1.807) is 16.7 Å². The molecule has 0 amide bonds. The quantitative estimate of drug-likeness (QED) is 0.712. The molecule has 0 unspecified atom stereocenters. The average molecular weight is 312 g/mol. The van der Waals surface area contributed by atoms with Gasteiger partial charge < -0.3 is 5.73 Å². The van der Waals surface area contributed by atoms with Crippen LogP contribution in [0.4, 0.5) is 0 Å². The van der Waals surface area contributed by atoms with Crippen molar-refractivity contribution in [1.82, 2.24) is 0 Å². The predicted octanol–water partition coefficient (Wildman–Crippen LogP) is 5.52. The normalized spacial score (nSPS) is 30.7. The number of rotatable bonds is 5. The van der Waals surface area contributed by atoms with Crippen LogP contribution in [0.2, 0.25) is 0 Å². The van der Waals surface area contributed by atoms with Crippen molar-refractivity contribution in [3.8, 4) is 0 Å². The third kappa shape index (κ3) is 4.26. The molecule has 0 aliphatic heterocycles. The van der Waals surface area contributed by atoms with Gasteiger partial charge in [0.25, 0.3) is 0 Å². The molecule has 1 heteroatoms. The monoisotopic (exact) mass is 311 g/mol. The summed E-state index contributed by atoms with van der Waals surface area (Å²) in [6.45, 7) is 4.42. The van der Waals surface area contributed by atoms with Crippen molar-refractivity contribution in [3.05, 3.63) is 47.0 Å². The van der Waals surface area contributed by atoms with Crippen LogP contribution >= 0.6 is 0 Å². The van der Waals surface area contributed by atoms with E-state index in [1.807, 2.05) is 0 Å². The molecule has 0 heterocycles. The Labute approximate surface area is 142 Å². The topological polar surface area (TPSA) is 26.0 Å². The van der Waals surface area contributed by atoms with E-state index in [9.17, 15) is 0 Å². The van der Waals surface area contributed by atoms with E-state index in [2.05, 4.69) is 44.2 Å². The van der Waals surface area contributed by atoms with Gasteiger partial charge in [0.1, 0.15) is 0 Å². The molecule has 1 fully saturated rings. The number of hydrogen-bond acceptors (Lipinski definition) is 1. The summed E-state index contributed by atoms with van der Waals surface area (Å²) in [7, 11) is 0. The van der Waals surface area contributed by atoms with Gasteiger partial charge in [-0.1, -0.05) is 37.3 Å². The van der Waals surface area contributed by atoms with E-state index in [0.29, 0.717) is 5.92 Å². The summed E-state index contributed by atoms with van der Waals surface area (Å²) < 4.78 is 0. The fourth-order valence-electron chi connectivity index (χ4n) is 4.52. The predicted molar refractivity (Wildman–Crippen MR) is 99.8 cm³/mol. The minimum absolute atomic E-state index is 0.0532. The molecule has 2 N–H and O–H groups in total. The van der Waals surface area contributed by atoms with Gasteiger partial charge >= 0.3 is 0 Å². The molecule has 3 atom stereocenters. The molecule has 0 radical (unpaired) electrons. The largest absolute Gasteiger partial charge is 0.325 e. The van der Waals surface area contributed by atoms with Crippen molar-refractivity contribution >= 4 is 0 Å². The first kappa shape index (κ1) is 16.8. The van der Waals surface area contributed by atoms with Crippen LogP contribution in [0.25, 0.3) is 0 Å². The summed E-state index contributed by atoms with van der Waals surface area (Å²) in [5, 5.41) is 0. The third-order valence-corrected chi connectivity index (χ3v) is 5.95. The van der Waals surface area contributed by atoms with Gasteiger partial charge in [-0.05, 0) is 93.2 Å². The van der Waals surface area contributed by atoms with E-state index in [4.69, 9.17) is 5.73 Å². The van der Waals surface area contributed by atoms with Gasteiger partial charge in [-0.3, -0.25) is 0 Å². The highest BCUT2D eigenvalue weighted by atomic mass is 14.7. The van der Waals surface area contributed by atoms with Crippen LogP contribution in [0, 0.1) is 5.92 Å². The fraction of sp³-hybridized carbons (Fsp3) is 0.636. The number of hydrogen-bond donors (Lipinski definition) is 1. The summed E-state index contributed by atoms with van der Waals surface area (Å²) >= 11 is 0. The zero-order chi connectivity index (χ0) is 16.3. The van der Waals surface area contributed by atoms with Gasteiger partial charge in [-0.2, -0.15) is 0 Å². The second-order valence-corrected chi connectivity index (χ2v) is 8.19. The Kier molecular flexibility index (Phi) is 5.26. The smallest absolute Gasteiger partial charge is 0.0131 e. The molecule has 23 heavy (non-hydrogen) atoms. The van der Waals surface area contributed by atoms with Gasteiger partial charge in [0, 0.05) is 5.54 Å². The molecule has 2 aliphatic rings. The Bertz CT molecular complexity index is 555. The van der Waals surface area contributed by atoms with Crippen molar-refractivity contribution in [2.24, 2.45) is 11.7 Å². The SMILES string of the molecule is CC/C=C/CC[C@H]1CCc2cc([C@H]3CC[C@@](C)(N)C3)ccc2C1. The number of benzene rings is 1. The second-order valence-electron chi connectivity index (χ2n) is 8.19. The highest BCUT2D eigenvalue weighted by Crippen LogP contribution is 2.40. The maximum atomic E-state index is 6.32. The molecule has 0 saturated heterocycles. The standard InChI is InChI=1S/C22H33N/c1-3-4-5-6-7-17-8-9-19-15-20(11-10-18(19)14-17)21-12-13-22(2,23)16-21/h4-5,10-11,15,17,21H,3,6-9,12-14,16,23H2,1-2H3/b5-4+/t17-,21-,22+/m0/s1. The van der Waals surface area contributed by atoms with E-state index >= 15 is 0 Å². The Balaban J connectivity index is 1.61. The maximum absolute atomic E-state index is 6.32. The molecule has 0 spiro atoms. The molecule has 2 aliphatic carbocycles. The van der Waals surface area contributed by atoms with Crippen LogP contribution in [-0.4, -0.2) is 5.54 Å². The van der Waals surface area contributed by atoms with E-state index in [1.165, 1.54) is 51.4 Å². The number of fused-ring (bicyclic) bond motifs is 1. The first-order valence-corrected chi connectivity index (χ1v) is 9.63. The van der Waals surface area contributed by atoms with Crippen LogP contribution in [0.3, 0.4) is 0 Å². The van der Waals surface area contributed by atoms with Crippen molar-refractivity contribution < 1.29 is 0 Å². The Morgan fingerprint density at radius 2 is 2.09 bits per heavy atom. The van der Waals surface area contributed by atoms with Gasteiger partial charge in [-0.15, -0.1) is 0 Å². The minimum Gasteiger partial charge on any atom is -0.325 e. The lowest BCUT2D eigenvalue weighted by Gasteiger charge is -2.26. The summed E-state index contributed by atoms with van der Waals surface area (Å²) in [5.74, 6) is 1.57. The molecule has 0 aromatic heterocycles. The van der Waals surface area contributed by atoms with Crippen molar-refractivity contribution in [2.45, 2.75) is 83.1 Å². The lowest BCUT2D eigenvalue weighted by Crippen LogP contribution is -2.32. The Morgan fingerprint density at radius 1 is 1.22 bits per heavy atom. The second kappa shape index (κ2) is 7.21. The van der Waals surface area contributed by atoms with E-state index < -0.39 is 0 Å². The molecule has 126 valence electrons. The minimum atomic E-state index is 0.0532. The van der Waals surface area contributed by atoms with Gasteiger partial charge in [-0.25, -0.2) is 0 Å². The van der Waals surface area contributed by atoms with Gasteiger partial charge in [0.2, 0.25) is 0 Å². The summed E-state index contributed by atoms with van der Waals surface area (Å²) in [4.78, 5) is 0. The Morgan fingerprint density at radius 3 is 2.83 bits per heavy atom. The molecule has 1 aromatic rings. The summed E-state index contributed by atoms with van der Waals surface area (Å²) in [5.41, 5.74) is 11.1. The van der Waals surface area contributed by atoms with Crippen molar-refractivity contribution in [3.63, 3.8) is 0 Å². The molecule has 1 aromatic carbocycles. The van der Waals surface area contributed by atoms with E-state index in [-0.39, 0.29) is 5.54 Å². The molecule has 0 bridgehead atoms. The number of nitrogens with two attached hydrogens (primary N) is 1. The summed E-state index contributed by atoms with van der Waals surface area (Å²) in [6, 6.07) is 7.32. The average Bonchev–Trinajstić information content (AvgIpc) is 2.91. The van der Waals surface area contributed by atoms with Crippen LogP contribution in [0.5, 0.6) is 0 Å². The molecule has 1 nitrogen and oxygen atoms in total. The zero-order valence-corrected chi connectivity index (χ0v) is 15.0. The number of allylic oxidation sites excluding steroid dienone is 2. The lowest BCUT2D eigenvalue weighted by molar-refractivity contribution is 0.430. The first-order chi connectivity index (χ1) is 11.1. The van der Waals surface area contributed by atoms with Crippen LogP contribution in [0.15, 0.2) is 30.4 Å². The zero-order valence-electron chi connectivity index (χ0n) is 15.0. The van der Waals surface area contributed by atoms with Crippen molar-refractivity contribution in [1.29, 1.82) is 0 Å². The van der Waals surface area contributed by atoms with Gasteiger partial charge in [0.15, 0.2) is 0 Å². The van der Waals surface area contributed by atoms with Gasteiger partial charge in [0.05, 0.1) is 0 Å². The lowest BCUT2D eigenvalue weighted by atomic mass is 9.80. The maximum Gasteiger partial charge on any atom is 0.0131 e. The van der Waals surface area contributed by atoms with Crippen molar-refractivity contribution in [2.75, 3.05) is 0 Å². The van der Waals surface area contributed by atoms with Crippen LogP contribution < -0.4 is 5.73 Å². The molecular formula is C22H33N. The third-order valence-electron chi connectivity index (χ3n) is 5.95. The molecular weight excluding hydrogens is 278 g/mol. The molecule has 1 saturated carbocycles. The highest BCUT2D eigenvalue weighted by molar-refractivity contribution is 5.36. The first-order valence-electron chi connectivity index (χ1n) is 9.63. The van der Waals surface area contributed by atoms with Crippen LogP contribution in [-0.2, 0) is 12.8 Å². The Hall–Kier alpha value is -1.08. The highest BCUT2D eigenvalue weighted by Gasteiger charge is 2.32. The number of aryl methyl sites for hydroxylation is 1. The van der Waals surface area contributed by atoms with Crippen LogP contribution in [0.1, 0.15) is 81.4 Å².